The van der Waals surface area contributed by atoms with Gasteiger partial charge < -0.3 is 10.1 Å². The van der Waals surface area contributed by atoms with Crippen molar-refractivity contribution in [3.05, 3.63) is 11.3 Å². The van der Waals surface area contributed by atoms with Crippen molar-refractivity contribution in [3.8, 4) is 0 Å². The summed E-state index contributed by atoms with van der Waals surface area (Å²) in [7, 11) is 0. The van der Waals surface area contributed by atoms with Crippen molar-refractivity contribution in [3.63, 3.8) is 0 Å². The molecule has 56 valence electrons. The number of carbonyl (C=O) groups excluding carboxylic acids is 1. The molecule has 1 N–H and O–H groups in total. The average molecular weight is 141 g/mol. The third-order valence-electron chi connectivity index (χ3n) is 1.34. The van der Waals surface area contributed by atoms with Crippen LogP contribution in [0, 0.1) is 0 Å². The second kappa shape index (κ2) is 2.33. The maximum atomic E-state index is 10.9. The number of rotatable bonds is 0. The van der Waals surface area contributed by atoms with Crippen molar-refractivity contribution < 1.29 is 9.53 Å². The van der Waals surface area contributed by atoms with Crippen molar-refractivity contribution in [1.82, 2.24) is 5.32 Å². The first-order valence-electron chi connectivity index (χ1n) is 3.26. The van der Waals surface area contributed by atoms with Crippen LogP contribution in [-0.4, -0.2) is 12.2 Å². The Kier molecular flexibility index (Phi) is 1.66. The molecule has 0 spiro atoms. The van der Waals surface area contributed by atoms with Crippen LogP contribution >= 0.6 is 0 Å². The predicted octanol–water partition coefficient (Wildman–Crippen LogP) is 0.773. The summed E-state index contributed by atoms with van der Waals surface area (Å²) in [5.41, 5.74) is 1.57. The zero-order valence-corrected chi connectivity index (χ0v) is 6.39. The first kappa shape index (κ1) is 7.12. The molecule has 0 saturated carbocycles. The van der Waals surface area contributed by atoms with Gasteiger partial charge in [-0.15, -0.1) is 0 Å². The van der Waals surface area contributed by atoms with Gasteiger partial charge in [-0.2, -0.15) is 0 Å². The summed E-state index contributed by atoms with van der Waals surface area (Å²) < 4.78 is 4.83. The standard InChI is InChI=1S/C7H11NO2/c1-4(2)6-7(9)10-5(3)8-6/h5,8H,1-3H3. The minimum Gasteiger partial charge on any atom is -0.437 e. The molecule has 0 bridgehead atoms. The van der Waals surface area contributed by atoms with E-state index in [1.807, 2.05) is 13.8 Å². The Morgan fingerprint density at radius 3 is 2.40 bits per heavy atom. The van der Waals surface area contributed by atoms with Crippen LogP contribution in [0.1, 0.15) is 20.8 Å². The molecule has 1 fully saturated rings. The fourth-order valence-electron chi connectivity index (χ4n) is 0.860. The highest BCUT2D eigenvalue weighted by Gasteiger charge is 2.24. The van der Waals surface area contributed by atoms with Crippen molar-refractivity contribution in [1.29, 1.82) is 0 Å². The van der Waals surface area contributed by atoms with E-state index in [0.717, 1.165) is 5.57 Å². The lowest BCUT2D eigenvalue weighted by molar-refractivity contribution is -0.138. The monoisotopic (exact) mass is 141 g/mol. The fourth-order valence-corrected chi connectivity index (χ4v) is 0.860. The highest BCUT2D eigenvalue weighted by molar-refractivity contribution is 5.90. The number of hydrogen-bond acceptors (Lipinski definition) is 3. The molecule has 3 heteroatoms. The van der Waals surface area contributed by atoms with Gasteiger partial charge >= 0.3 is 5.97 Å². The third-order valence-corrected chi connectivity index (χ3v) is 1.34. The van der Waals surface area contributed by atoms with Crippen molar-refractivity contribution >= 4 is 5.97 Å². The number of carbonyl (C=O) groups is 1. The van der Waals surface area contributed by atoms with E-state index in [1.165, 1.54) is 0 Å². The van der Waals surface area contributed by atoms with Crippen molar-refractivity contribution in [2.45, 2.75) is 27.0 Å². The van der Waals surface area contributed by atoms with Crippen LogP contribution in [-0.2, 0) is 9.53 Å². The van der Waals surface area contributed by atoms with Crippen LogP contribution in [0.4, 0.5) is 0 Å². The smallest absolute Gasteiger partial charge is 0.356 e. The molecule has 0 amide bonds. The lowest BCUT2D eigenvalue weighted by atomic mass is 10.3. The molecule has 1 aliphatic heterocycles. The second-order valence-electron chi connectivity index (χ2n) is 2.57. The van der Waals surface area contributed by atoms with E-state index < -0.39 is 0 Å². The Morgan fingerprint density at radius 1 is 1.60 bits per heavy atom. The summed E-state index contributed by atoms with van der Waals surface area (Å²) in [6, 6.07) is 0. The summed E-state index contributed by atoms with van der Waals surface area (Å²) in [5.74, 6) is -0.243. The van der Waals surface area contributed by atoms with Gasteiger partial charge in [0.1, 0.15) is 5.70 Å². The highest BCUT2D eigenvalue weighted by atomic mass is 16.6. The molecule has 10 heavy (non-hydrogen) atoms. The predicted molar refractivity (Wildman–Crippen MR) is 37.1 cm³/mol. The molecule has 1 saturated heterocycles. The van der Waals surface area contributed by atoms with E-state index in [2.05, 4.69) is 5.32 Å². The summed E-state index contributed by atoms with van der Waals surface area (Å²) in [4.78, 5) is 10.9. The number of cyclic esters (lactones) is 1. The zero-order chi connectivity index (χ0) is 7.72. The molecule has 0 radical (unpaired) electrons. The van der Waals surface area contributed by atoms with E-state index in [9.17, 15) is 4.79 Å². The van der Waals surface area contributed by atoms with E-state index in [1.54, 1.807) is 6.92 Å². The minimum absolute atomic E-state index is 0.169. The molecule has 1 atom stereocenters. The van der Waals surface area contributed by atoms with Gasteiger partial charge in [0.2, 0.25) is 0 Å². The van der Waals surface area contributed by atoms with Crippen LogP contribution in [0.3, 0.4) is 0 Å². The molecule has 1 heterocycles. The highest BCUT2D eigenvalue weighted by Crippen LogP contribution is 2.11. The van der Waals surface area contributed by atoms with Gasteiger partial charge in [-0.25, -0.2) is 4.79 Å². The minimum atomic E-state index is -0.243. The molecule has 1 aliphatic rings. The molecule has 0 aliphatic carbocycles. The van der Waals surface area contributed by atoms with E-state index in [4.69, 9.17) is 4.74 Å². The number of hydrogen-bond donors (Lipinski definition) is 1. The molecule has 1 rings (SSSR count). The Morgan fingerprint density at radius 2 is 2.20 bits per heavy atom. The van der Waals surface area contributed by atoms with E-state index in [-0.39, 0.29) is 12.2 Å². The summed E-state index contributed by atoms with van der Waals surface area (Å²) in [6.07, 6.45) is -0.169. The molecular weight excluding hydrogens is 130 g/mol. The lowest BCUT2D eigenvalue weighted by Gasteiger charge is -1.98. The second-order valence-corrected chi connectivity index (χ2v) is 2.57. The van der Waals surface area contributed by atoms with E-state index in [0.29, 0.717) is 5.70 Å². The largest absolute Gasteiger partial charge is 0.437 e. The molecule has 1 unspecified atom stereocenters. The van der Waals surface area contributed by atoms with Gasteiger partial charge in [0.15, 0.2) is 6.23 Å². The van der Waals surface area contributed by atoms with Gasteiger partial charge in [-0.1, -0.05) is 0 Å². The lowest BCUT2D eigenvalue weighted by Crippen LogP contribution is -2.17. The van der Waals surface area contributed by atoms with Crippen LogP contribution < -0.4 is 5.32 Å². The van der Waals surface area contributed by atoms with Gasteiger partial charge in [0, 0.05) is 0 Å². The molecule has 0 aromatic rings. The van der Waals surface area contributed by atoms with Crippen LogP contribution in [0.25, 0.3) is 0 Å². The SMILES string of the molecule is CC(C)=C1NC(C)OC1=O. The quantitative estimate of drug-likeness (QED) is 0.400. The molecular formula is C7H11NO2. The first-order chi connectivity index (χ1) is 4.61. The number of esters is 1. The number of allylic oxidation sites excluding steroid dienone is 1. The Bertz CT molecular complexity index is 192. The number of ether oxygens (including phenoxy) is 1. The van der Waals surface area contributed by atoms with Crippen molar-refractivity contribution in [2.75, 3.05) is 0 Å². The molecule has 0 aromatic carbocycles. The number of nitrogens with one attached hydrogen (secondary N) is 1. The molecule has 3 nitrogen and oxygen atoms in total. The Hall–Kier alpha value is -0.990. The summed E-state index contributed by atoms with van der Waals surface area (Å²) >= 11 is 0. The normalized spacial score (nSPS) is 24.1. The maximum absolute atomic E-state index is 10.9. The maximum Gasteiger partial charge on any atom is 0.356 e. The van der Waals surface area contributed by atoms with Crippen molar-refractivity contribution in [2.24, 2.45) is 0 Å². The van der Waals surface area contributed by atoms with Gasteiger partial charge in [-0.3, -0.25) is 0 Å². The summed E-state index contributed by atoms with van der Waals surface area (Å²) in [6.45, 7) is 5.55. The molecule has 0 aromatic heterocycles. The Balaban J connectivity index is 2.83. The van der Waals surface area contributed by atoms with E-state index >= 15 is 0 Å². The first-order valence-corrected chi connectivity index (χ1v) is 3.26. The summed E-state index contributed by atoms with van der Waals surface area (Å²) in [5, 5.41) is 2.91. The van der Waals surface area contributed by atoms with Crippen LogP contribution in [0.2, 0.25) is 0 Å². The fraction of sp³-hybridized carbons (Fsp3) is 0.571. The Labute approximate surface area is 60.1 Å². The van der Waals surface area contributed by atoms with Gasteiger partial charge in [0.05, 0.1) is 0 Å². The van der Waals surface area contributed by atoms with Crippen LogP contribution in [0.5, 0.6) is 0 Å². The third kappa shape index (κ3) is 1.12. The van der Waals surface area contributed by atoms with Gasteiger partial charge in [-0.05, 0) is 26.3 Å². The topological polar surface area (TPSA) is 38.3 Å². The zero-order valence-electron chi connectivity index (χ0n) is 6.39. The average Bonchev–Trinajstić information content (AvgIpc) is 2.10. The van der Waals surface area contributed by atoms with Crippen LogP contribution in [0.15, 0.2) is 11.3 Å². The van der Waals surface area contributed by atoms with Gasteiger partial charge in [0.25, 0.3) is 0 Å².